The molecule has 1 saturated carbocycles. The van der Waals surface area contributed by atoms with E-state index >= 15 is 0 Å². The maximum absolute atomic E-state index is 13.8. The molecule has 6 heteroatoms. The zero-order chi connectivity index (χ0) is 24.2. The molecule has 0 atom stereocenters. The smallest absolute Gasteiger partial charge is 0.339 e. The lowest BCUT2D eigenvalue weighted by Gasteiger charge is -2.23. The minimum atomic E-state index is -0.621. The van der Waals surface area contributed by atoms with E-state index in [1.165, 1.54) is 43.5 Å². The Hall–Kier alpha value is -3.54. The largest absolute Gasteiger partial charge is 0.465 e. The second-order valence-corrected chi connectivity index (χ2v) is 8.35. The summed E-state index contributed by atoms with van der Waals surface area (Å²) < 4.78 is 38.1. The second-order valence-electron chi connectivity index (χ2n) is 8.35. The summed E-state index contributed by atoms with van der Waals surface area (Å²) in [6.07, 6.45) is 3.86. The van der Waals surface area contributed by atoms with Crippen LogP contribution in [0.5, 0.6) is 0 Å². The molecule has 1 fully saturated rings. The highest BCUT2D eigenvalue weighted by Crippen LogP contribution is 2.44. The molecule has 0 unspecified atom stereocenters. The molecule has 0 aromatic heterocycles. The van der Waals surface area contributed by atoms with Gasteiger partial charge in [0.15, 0.2) is 0 Å². The first kappa shape index (κ1) is 23.6. The van der Waals surface area contributed by atoms with Crippen LogP contribution in [0.1, 0.15) is 64.8 Å². The molecular weight excluding hydrogens is 438 g/mol. The lowest BCUT2D eigenvalue weighted by atomic mass is 9.81. The lowest BCUT2D eigenvalue weighted by molar-refractivity contribution is 0.0528. The number of esters is 2. The monoisotopic (exact) mass is 464 g/mol. The molecular formula is C28H26F2O4. The molecule has 0 N–H and O–H groups in total. The van der Waals surface area contributed by atoms with E-state index in [0.717, 1.165) is 31.2 Å². The SMILES string of the molecule is CCOC(=O)c1c(-c2ccc(F)cc2)cc(C2CCCC2)c(C(=O)OC)c1-c1ccc(F)cc1. The van der Waals surface area contributed by atoms with Gasteiger partial charge < -0.3 is 9.47 Å². The van der Waals surface area contributed by atoms with E-state index in [1.807, 2.05) is 6.07 Å². The molecule has 4 rings (SSSR count). The zero-order valence-electron chi connectivity index (χ0n) is 19.2. The van der Waals surface area contributed by atoms with Gasteiger partial charge in [0.25, 0.3) is 0 Å². The predicted molar refractivity (Wildman–Crippen MR) is 126 cm³/mol. The summed E-state index contributed by atoms with van der Waals surface area (Å²) >= 11 is 0. The van der Waals surface area contributed by atoms with Crippen LogP contribution in [0, 0.1) is 11.6 Å². The molecule has 1 aliphatic rings. The van der Waals surface area contributed by atoms with Crippen molar-refractivity contribution in [1.29, 1.82) is 0 Å². The summed E-state index contributed by atoms with van der Waals surface area (Å²) in [7, 11) is 1.30. The van der Waals surface area contributed by atoms with E-state index in [2.05, 4.69) is 0 Å². The van der Waals surface area contributed by atoms with Crippen LogP contribution in [0.3, 0.4) is 0 Å². The minimum Gasteiger partial charge on any atom is -0.465 e. The van der Waals surface area contributed by atoms with Gasteiger partial charge in [-0.1, -0.05) is 37.1 Å². The van der Waals surface area contributed by atoms with Gasteiger partial charge in [-0.25, -0.2) is 18.4 Å². The number of carbonyl (C=O) groups is 2. The van der Waals surface area contributed by atoms with Crippen molar-refractivity contribution in [3.63, 3.8) is 0 Å². The summed E-state index contributed by atoms with van der Waals surface area (Å²) in [5, 5.41) is 0. The van der Waals surface area contributed by atoms with Crippen molar-refractivity contribution in [3.8, 4) is 22.3 Å². The predicted octanol–water partition coefficient (Wildman–Crippen LogP) is 6.92. The fraction of sp³-hybridized carbons (Fsp3) is 0.286. The minimum absolute atomic E-state index is 0.101. The van der Waals surface area contributed by atoms with Crippen LogP contribution in [0.15, 0.2) is 54.6 Å². The molecule has 0 aliphatic heterocycles. The Morgan fingerprint density at radius 3 is 1.94 bits per heavy atom. The van der Waals surface area contributed by atoms with Crippen LogP contribution in [0.4, 0.5) is 8.78 Å². The first-order valence-corrected chi connectivity index (χ1v) is 11.4. The topological polar surface area (TPSA) is 52.6 Å². The summed E-state index contributed by atoms with van der Waals surface area (Å²) in [5.41, 5.74) is 3.21. The number of benzene rings is 3. The van der Waals surface area contributed by atoms with E-state index in [4.69, 9.17) is 9.47 Å². The normalized spacial score (nSPS) is 13.6. The van der Waals surface area contributed by atoms with Gasteiger partial charge in [-0.3, -0.25) is 0 Å². The molecule has 0 heterocycles. The zero-order valence-corrected chi connectivity index (χ0v) is 19.2. The van der Waals surface area contributed by atoms with Gasteiger partial charge in [0, 0.05) is 5.56 Å². The van der Waals surface area contributed by atoms with Gasteiger partial charge >= 0.3 is 11.9 Å². The van der Waals surface area contributed by atoms with E-state index in [9.17, 15) is 18.4 Å². The standard InChI is InChI=1S/C28H26F2O4/c1-3-34-28(32)26-23(18-8-12-20(29)13-9-18)16-22(17-6-4-5-7-17)25(27(31)33-2)24(26)19-10-14-21(30)15-11-19/h8-17H,3-7H2,1-2H3. The number of rotatable bonds is 6. The van der Waals surface area contributed by atoms with E-state index < -0.39 is 23.6 Å². The van der Waals surface area contributed by atoms with Gasteiger partial charge in [-0.15, -0.1) is 0 Å². The number of ether oxygens (including phenoxy) is 2. The average Bonchev–Trinajstić information content (AvgIpc) is 3.38. The van der Waals surface area contributed by atoms with Crippen molar-refractivity contribution in [2.45, 2.75) is 38.5 Å². The van der Waals surface area contributed by atoms with Crippen LogP contribution < -0.4 is 0 Å². The van der Waals surface area contributed by atoms with E-state index in [0.29, 0.717) is 22.3 Å². The van der Waals surface area contributed by atoms with Crippen molar-refractivity contribution in [1.82, 2.24) is 0 Å². The van der Waals surface area contributed by atoms with Gasteiger partial charge in [0.1, 0.15) is 11.6 Å². The van der Waals surface area contributed by atoms with Crippen molar-refractivity contribution in [3.05, 3.63) is 82.9 Å². The first-order chi connectivity index (χ1) is 16.4. The highest BCUT2D eigenvalue weighted by molar-refractivity contribution is 6.11. The summed E-state index contributed by atoms with van der Waals surface area (Å²) in [6.45, 7) is 1.82. The summed E-state index contributed by atoms with van der Waals surface area (Å²) in [6, 6.07) is 13.3. The van der Waals surface area contributed by atoms with Crippen molar-refractivity contribution in [2.24, 2.45) is 0 Å². The number of carbonyl (C=O) groups excluding carboxylic acids is 2. The molecule has 34 heavy (non-hydrogen) atoms. The Balaban J connectivity index is 2.14. The van der Waals surface area contributed by atoms with Crippen LogP contribution in [0.2, 0.25) is 0 Å². The fourth-order valence-electron chi connectivity index (χ4n) is 4.76. The van der Waals surface area contributed by atoms with Crippen molar-refractivity contribution in [2.75, 3.05) is 13.7 Å². The van der Waals surface area contributed by atoms with E-state index in [1.54, 1.807) is 19.1 Å². The van der Waals surface area contributed by atoms with Gasteiger partial charge in [0.05, 0.1) is 24.8 Å². The maximum atomic E-state index is 13.8. The summed E-state index contributed by atoms with van der Waals surface area (Å²) in [4.78, 5) is 26.5. The highest BCUT2D eigenvalue weighted by Gasteiger charge is 2.32. The third-order valence-corrected chi connectivity index (χ3v) is 6.31. The molecule has 0 spiro atoms. The first-order valence-electron chi connectivity index (χ1n) is 11.4. The molecule has 4 nitrogen and oxygen atoms in total. The van der Waals surface area contributed by atoms with Crippen LogP contribution in [0.25, 0.3) is 22.3 Å². The molecule has 0 amide bonds. The lowest BCUT2D eigenvalue weighted by Crippen LogP contribution is -2.17. The summed E-state index contributed by atoms with van der Waals surface area (Å²) in [5.74, 6) is -1.93. The Morgan fingerprint density at radius 2 is 1.41 bits per heavy atom. The third kappa shape index (κ3) is 4.58. The quantitative estimate of drug-likeness (QED) is 0.372. The molecule has 3 aromatic carbocycles. The van der Waals surface area contributed by atoms with Crippen LogP contribution in [-0.2, 0) is 9.47 Å². The third-order valence-electron chi connectivity index (χ3n) is 6.31. The maximum Gasteiger partial charge on any atom is 0.339 e. The number of halogens is 2. The molecule has 1 aliphatic carbocycles. The Labute approximate surface area is 197 Å². The van der Waals surface area contributed by atoms with Crippen LogP contribution in [-0.4, -0.2) is 25.7 Å². The van der Waals surface area contributed by atoms with Crippen molar-refractivity contribution >= 4 is 11.9 Å². The van der Waals surface area contributed by atoms with Gasteiger partial charge in [0.2, 0.25) is 0 Å². The second kappa shape index (κ2) is 10.2. The fourth-order valence-corrected chi connectivity index (χ4v) is 4.76. The molecule has 0 bridgehead atoms. The Morgan fingerprint density at radius 1 is 0.853 bits per heavy atom. The highest BCUT2D eigenvalue weighted by atomic mass is 19.1. The van der Waals surface area contributed by atoms with Crippen molar-refractivity contribution < 1.29 is 27.8 Å². The average molecular weight is 465 g/mol. The Kier molecular flexibility index (Phi) is 7.06. The number of hydrogen-bond donors (Lipinski definition) is 0. The molecule has 0 radical (unpaired) electrons. The number of methoxy groups -OCH3 is 1. The van der Waals surface area contributed by atoms with Gasteiger partial charge in [-0.2, -0.15) is 0 Å². The molecule has 3 aromatic rings. The van der Waals surface area contributed by atoms with E-state index in [-0.39, 0.29) is 23.7 Å². The molecule has 0 saturated heterocycles. The number of hydrogen-bond acceptors (Lipinski definition) is 4. The Bertz CT molecular complexity index is 1190. The van der Waals surface area contributed by atoms with Crippen LogP contribution >= 0.6 is 0 Å². The molecule has 176 valence electrons. The van der Waals surface area contributed by atoms with Gasteiger partial charge in [-0.05, 0) is 78.3 Å².